The minimum Gasteiger partial charge on any atom is -0.373 e. The van der Waals surface area contributed by atoms with Crippen molar-refractivity contribution in [2.24, 2.45) is 0 Å². The first-order chi connectivity index (χ1) is 12.2. The summed E-state index contributed by atoms with van der Waals surface area (Å²) in [7, 11) is 0. The highest BCUT2D eigenvalue weighted by molar-refractivity contribution is 5.74. The number of hydrogen-bond acceptors (Lipinski definition) is 4. The van der Waals surface area contributed by atoms with Gasteiger partial charge in [0.1, 0.15) is 0 Å². The van der Waals surface area contributed by atoms with E-state index in [1.54, 1.807) is 0 Å². The molecule has 0 aliphatic carbocycles. The standard InChI is InChI=1S/C19H30N4O2/c1-3-20-19(24)23-12-13-25-18(15-23)14-21-8-10-22(11-9-21)17-6-4-16(2)5-7-17/h4-7,18H,3,8-15H2,1-2H3,(H,20,24)/t18-/m0/s1. The number of anilines is 1. The molecule has 6 nitrogen and oxygen atoms in total. The number of nitrogens with zero attached hydrogens (tertiary/aromatic N) is 3. The van der Waals surface area contributed by atoms with Crippen molar-refractivity contribution in [3.8, 4) is 0 Å². The van der Waals surface area contributed by atoms with E-state index in [1.807, 2.05) is 11.8 Å². The Morgan fingerprint density at radius 2 is 1.88 bits per heavy atom. The molecule has 1 atom stereocenters. The second-order valence-corrected chi connectivity index (χ2v) is 6.90. The molecule has 1 aromatic carbocycles. The Kier molecular flexibility index (Phi) is 6.15. The average Bonchev–Trinajstić information content (AvgIpc) is 2.64. The predicted molar refractivity (Wildman–Crippen MR) is 100 cm³/mol. The molecule has 138 valence electrons. The molecule has 1 aromatic rings. The molecule has 2 aliphatic heterocycles. The van der Waals surface area contributed by atoms with Crippen molar-refractivity contribution < 1.29 is 9.53 Å². The lowest BCUT2D eigenvalue weighted by molar-refractivity contribution is -0.0310. The minimum absolute atomic E-state index is 0.0278. The van der Waals surface area contributed by atoms with Crippen LogP contribution in [0.2, 0.25) is 0 Å². The number of piperazine rings is 1. The number of carbonyl (C=O) groups excluding carboxylic acids is 1. The molecule has 6 heteroatoms. The summed E-state index contributed by atoms with van der Waals surface area (Å²) in [5.74, 6) is 0. The van der Waals surface area contributed by atoms with Crippen LogP contribution in [0.1, 0.15) is 12.5 Å². The van der Waals surface area contributed by atoms with Crippen LogP contribution in [0.3, 0.4) is 0 Å². The largest absolute Gasteiger partial charge is 0.373 e. The van der Waals surface area contributed by atoms with Crippen molar-refractivity contribution in [2.45, 2.75) is 20.0 Å². The van der Waals surface area contributed by atoms with Gasteiger partial charge >= 0.3 is 6.03 Å². The number of nitrogens with one attached hydrogen (secondary N) is 1. The van der Waals surface area contributed by atoms with Crippen molar-refractivity contribution >= 4 is 11.7 Å². The van der Waals surface area contributed by atoms with Crippen molar-refractivity contribution in [2.75, 3.05) is 63.9 Å². The highest BCUT2D eigenvalue weighted by Crippen LogP contribution is 2.17. The van der Waals surface area contributed by atoms with E-state index in [1.165, 1.54) is 11.3 Å². The Bertz CT molecular complexity index is 555. The van der Waals surface area contributed by atoms with Crippen LogP contribution in [-0.2, 0) is 4.74 Å². The van der Waals surface area contributed by atoms with Gasteiger partial charge in [0, 0.05) is 58.0 Å². The molecule has 2 saturated heterocycles. The Morgan fingerprint density at radius 3 is 2.56 bits per heavy atom. The first-order valence-electron chi connectivity index (χ1n) is 9.34. The van der Waals surface area contributed by atoms with E-state index in [0.717, 1.165) is 32.7 Å². The lowest BCUT2D eigenvalue weighted by atomic mass is 10.2. The lowest BCUT2D eigenvalue weighted by Gasteiger charge is -2.40. The fourth-order valence-corrected chi connectivity index (χ4v) is 3.51. The molecular formula is C19H30N4O2. The third kappa shape index (κ3) is 4.86. The molecule has 3 rings (SSSR count). The summed E-state index contributed by atoms with van der Waals surface area (Å²) in [5.41, 5.74) is 2.61. The maximum Gasteiger partial charge on any atom is 0.317 e. The van der Waals surface area contributed by atoms with Gasteiger partial charge in [0.2, 0.25) is 0 Å². The number of urea groups is 1. The molecule has 2 fully saturated rings. The molecule has 2 amide bonds. The summed E-state index contributed by atoms with van der Waals surface area (Å²) in [6, 6.07) is 8.79. The number of hydrogen-bond donors (Lipinski definition) is 1. The van der Waals surface area contributed by atoms with Crippen LogP contribution in [0.15, 0.2) is 24.3 Å². The van der Waals surface area contributed by atoms with E-state index in [0.29, 0.717) is 26.2 Å². The Balaban J connectivity index is 1.45. The van der Waals surface area contributed by atoms with Crippen LogP contribution in [0.4, 0.5) is 10.5 Å². The number of ether oxygens (including phenoxy) is 1. The molecule has 2 heterocycles. The molecule has 0 radical (unpaired) electrons. The van der Waals surface area contributed by atoms with Crippen molar-refractivity contribution in [3.63, 3.8) is 0 Å². The van der Waals surface area contributed by atoms with Crippen LogP contribution in [0.5, 0.6) is 0 Å². The van der Waals surface area contributed by atoms with Gasteiger partial charge in [-0.3, -0.25) is 4.90 Å². The smallest absolute Gasteiger partial charge is 0.317 e. The minimum atomic E-state index is 0.0278. The quantitative estimate of drug-likeness (QED) is 0.899. The van der Waals surface area contributed by atoms with E-state index in [2.05, 4.69) is 46.3 Å². The molecule has 0 bridgehead atoms. The van der Waals surface area contributed by atoms with Gasteiger partial charge < -0.3 is 19.9 Å². The summed E-state index contributed by atoms with van der Waals surface area (Å²) in [5, 5.41) is 2.88. The Morgan fingerprint density at radius 1 is 1.16 bits per heavy atom. The maximum absolute atomic E-state index is 12.0. The van der Waals surface area contributed by atoms with Crippen LogP contribution in [0.25, 0.3) is 0 Å². The van der Waals surface area contributed by atoms with Crippen molar-refractivity contribution in [1.82, 2.24) is 15.1 Å². The fraction of sp³-hybridized carbons (Fsp3) is 0.632. The van der Waals surface area contributed by atoms with Gasteiger partial charge in [-0.2, -0.15) is 0 Å². The molecule has 1 N–H and O–H groups in total. The van der Waals surface area contributed by atoms with Crippen LogP contribution < -0.4 is 10.2 Å². The van der Waals surface area contributed by atoms with Gasteiger partial charge in [0.05, 0.1) is 12.7 Å². The predicted octanol–water partition coefficient (Wildman–Crippen LogP) is 1.55. The molecular weight excluding hydrogens is 316 g/mol. The van der Waals surface area contributed by atoms with E-state index in [4.69, 9.17) is 4.74 Å². The second kappa shape index (κ2) is 8.54. The number of rotatable bonds is 4. The van der Waals surface area contributed by atoms with Crippen LogP contribution in [-0.4, -0.2) is 80.9 Å². The van der Waals surface area contributed by atoms with Gasteiger partial charge in [-0.15, -0.1) is 0 Å². The molecule has 0 unspecified atom stereocenters. The zero-order chi connectivity index (χ0) is 17.6. The van der Waals surface area contributed by atoms with Gasteiger partial charge in [0.15, 0.2) is 0 Å². The van der Waals surface area contributed by atoms with E-state index in [9.17, 15) is 4.79 Å². The summed E-state index contributed by atoms with van der Waals surface area (Å²) in [4.78, 5) is 18.8. The van der Waals surface area contributed by atoms with E-state index < -0.39 is 0 Å². The van der Waals surface area contributed by atoms with Crippen molar-refractivity contribution in [3.05, 3.63) is 29.8 Å². The molecule has 2 aliphatic rings. The lowest BCUT2D eigenvalue weighted by Crippen LogP contribution is -2.54. The van der Waals surface area contributed by atoms with Gasteiger partial charge in [-0.1, -0.05) is 17.7 Å². The third-order valence-electron chi connectivity index (χ3n) is 4.99. The zero-order valence-corrected chi connectivity index (χ0v) is 15.4. The maximum atomic E-state index is 12.0. The third-order valence-corrected chi connectivity index (χ3v) is 4.99. The topological polar surface area (TPSA) is 48.1 Å². The molecule has 0 spiro atoms. The highest BCUT2D eigenvalue weighted by atomic mass is 16.5. The number of amides is 2. The Hall–Kier alpha value is -1.79. The number of carbonyl (C=O) groups is 1. The van der Waals surface area contributed by atoms with Crippen molar-refractivity contribution in [1.29, 1.82) is 0 Å². The number of aryl methyl sites for hydroxylation is 1. The van der Waals surface area contributed by atoms with Gasteiger partial charge in [-0.25, -0.2) is 4.79 Å². The average molecular weight is 346 g/mol. The summed E-state index contributed by atoms with van der Waals surface area (Å²) >= 11 is 0. The summed E-state index contributed by atoms with van der Waals surface area (Å²) in [6.07, 6.45) is 0.113. The van der Waals surface area contributed by atoms with Crippen LogP contribution in [0, 0.1) is 6.92 Å². The van der Waals surface area contributed by atoms with E-state index >= 15 is 0 Å². The molecule has 25 heavy (non-hydrogen) atoms. The zero-order valence-electron chi connectivity index (χ0n) is 15.4. The number of benzene rings is 1. The van der Waals surface area contributed by atoms with Gasteiger partial charge in [-0.05, 0) is 26.0 Å². The monoisotopic (exact) mass is 346 g/mol. The summed E-state index contributed by atoms with van der Waals surface area (Å²) in [6.45, 7) is 11.8. The fourth-order valence-electron chi connectivity index (χ4n) is 3.51. The molecule has 0 saturated carbocycles. The Labute approximate surface area is 150 Å². The first-order valence-corrected chi connectivity index (χ1v) is 9.34. The van der Waals surface area contributed by atoms with E-state index in [-0.39, 0.29) is 12.1 Å². The van der Waals surface area contributed by atoms with Crippen LogP contribution >= 0.6 is 0 Å². The normalized spacial score (nSPS) is 22.1. The summed E-state index contributed by atoms with van der Waals surface area (Å²) < 4.78 is 5.89. The SMILES string of the molecule is CCNC(=O)N1CCO[C@@H](CN2CCN(c3ccc(C)cc3)CC2)C1. The highest BCUT2D eigenvalue weighted by Gasteiger charge is 2.27. The second-order valence-electron chi connectivity index (χ2n) is 6.90. The first kappa shape index (κ1) is 18.0. The van der Waals surface area contributed by atoms with Gasteiger partial charge in [0.25, 0.3) is 0 Å². The number of morpholine rings is 1. The molecule has 0 aromatic heterocycles.